The number of halogens is 1. The van der Waals surface area contributed by atoms with Gasteiger partial charge in [-0.3, -0.25) is 0 Å². The number of aliphatic hydroxyl groups is 4. The van der Waals surface area contributed by atoms with Crippen molar-refractivity contribution in [3.05, 3.63) is 64.3 Å². The summed E-state index contributed by atoms with van der Waals surface area (Å²) in [6.07, 6.45) is -3.83. The fourth-order valence-corrected chi connectivity index (χ4v) is 4.49. The highest BCUT2D eigenvalue weighted by Gasteiger charge is 2.44. The lowest BCUT2D eigenvalue weighted by Gasteiger charge is -2.40. The number of aliphatic hydroxyl groups excluding tert-OH is 4. The second-order valence-corrected chi connectivity index (χ2v) is 8.30. The lowest BCUT2D eigenvalue weighted by molar-refractivity contribution is -0.250. The predicted molar refractivity (Wildman–Crippen MR) is 117 cm³/mol. The quantitative estimate of drug-likeness (QED) is 0.478. The van der Waals surface area contributed by atoms with Crippen molar-refractivity contribution in [1.82, 2.24) is 4.57 Å². The summed E-state index contributed by atoms with van der Waals surface area (Å²) >= 11 is 6.58. The molecular formula is C23H26ClNO6. The molecule has 0 aliphatic carbocycles. The van der Waals surface area contributed by atoms with Crippen molar-refractivity contribution in [2.75, 3.05) is 13.7 Å². The minimum absolute atomic E-state index is 0.487. The van der Waals surface area contributed by atoms with Gasteiger partial charge >= 0.3 is 0 Å². The smallest absolute Gasteiger partial charge is 0.163 e. The average molecular weight is 448 g/mol. The van der Waals surface area contributed by atoms with E-state index in [0.29, 0.717) is 11.4 Å². The highest BCUT2D eigenvalue weighted by Crippen LogP contribution is 2.38. The zero-order chi connectivity index (χ0) is 22.3. The van der Waals surface area contributed by atoms with Crippen molar-refractivity contribution in [1.29, 1.82) is 0 Å². The third-order valence-corrected chi connectivity index (χ3v) is 6.21. The van der Waals surface area contributed by atoms with Crippen LogP contribution in [0.3, 0.4) is 0 Å². The summed E-state index contributed by atoms with van der Waals surface area (Å²) in [5.41, 5.74) is 3.65. The molecule has 4 N–H and O–H groups in total. The van der Waals surface area contributed by atoms with Gasteiger partial charge in [-0.2, -0.15) is 0 Å². The molecule has 0 bridgehead atoms. The van der Waals surface area contributed by atoms with Gasteiger partial charge in [0.05, 0.1) is 24.3 Å². The van der Waals surface area contributed by atoms with Gasteiger partial charge in [0, 0.05) is 11.6 Å². The van der Waals surface area contributed by atoms with Crippen LogP contribution in [-0.2, 0) is 11.2 Å². The number of ether oxygens (including phenoxy) is 2. The van der Waals surface area contributed by atoms with Crippen molar-refractivity contribution in [2.24, 2.45) is 0 Å². The van der Waals surface area contributed by atoms with Gasteiger partial charge in [-0.25, -0.2) is 0 Å². The Hall–Kier alpha value is -2.13. The number of nitrogens with zero attached hydrogens (tertiary/aromatic N) is 1. The van der Waals surface area contributed by atoms with E-state index in [1.54, 1.807) is 11.7 Å². The number of rotatable bonds is 5. The Kier molecular flexibility index (Phi) is 6.25. The van der Waals surface area contributed by atoms with E-state index in [-0.39, 0.29) is 0 Å². The van der Waals surface area contributed by atoms with Gasteiger partial charge in [0.2, 0.25) is 0 Å². The molecule has 166 valence electrons. The first-order chi connectivity index (χ1) is 14.8. The molecule has 8 heteroatoms. The number of aromatic nitrogens is 1. The van der Waals surface area contributed by atoms with Crippen LogP contribution in [0.4, 0.5) is 0 Å². The summed E-state index contributed by atoms with van der Waals surface area (Å²) in [4.78, 5) is 0. The number of benzene rings is 2. The molecule has 0 unspecified atom stereocenters. The maximum atomic E-state index is 10.7. The van der Waals surface area contributed by atoms with Crippen LogP contribution < -0.4 is 4.74 Å². The number of methoxy groups -OCH3 is 1. The minimum Gasteiger partial charge on any atom is -0.497 e. The molecule has 1 saturated heterocycles. The van der Waals surface area contributed by atoms with Crippen molar-refractivity contribution < 1.29 is 29.9 Å². The van der Waals surface area contributed by atoms with Crippen LogP contribution in [-0.4, -0.2) is 63.1 Å². The zero-order valence-corrected chi connectivity index (χ0v) is 18.0. The molecule has 3 aromatic rings. The van der Waals surface area contributed by atoms with Gasteiger partial charge in [0.25, 0.3) is 0 Å². The number of fused-ring (bicyclic) bond motifs is 1. The Morgan fingerprint density at radius 3 is 2.39 bits per heavy atom. The Labute approximate surface area is 185 Å². The minimum atomic E-state index is -1.46. The summed E-state index contributed by atoms with van der Waals surface area (Å²) in [5, 5.41) is 42.0. The van der Waals surface area contributed by atoms with Gasteiger partial charge < -0.3 is 34.5 Å². The Balaban J connectivity index is 1.81. The average Bonchev–Trinajstić information content (AvgIpc) is 3.15. The number of hydrogen-bond donors (Lipinski definition) is 4. The fraction of sp³-hybridized carbons (Fsp3) is 0.391. The third kappa shape index (κ3) is 3.93. The van der Waals surface area contributed by atoms with Crippen LogP contribution in [0.15, 0.2) is 42.6 Å². The van der Waals surface area contributed by atoms with Gasteiger partial charge in [0.1, 0.15) is 30.2 Å². The molecule has 2 heterocycles. The first-order valence-electron chi connectivity index (χ1n) is 10.1. The lowest BCUT2D eigenvalue weighted by atomic mass is 9.98. The second-order valence-electron chi connectivity index (χ2n) is 7.89. The lowest BCUT2D eigenvalue weighted by Crippen LogP contribution is -2.56. The van der Waals surface area contributed by atoms with E-state index in [0.717, 1.165) is 33.3 Å². The van der Waals surface area contributed by atoms with E-state index in [2.05, 4.69) is 0 Å². The first kappa shape index (κ1) is 22.1. The molecule has 0 amide bonds. The van der Waals surface area contributed by atoms with Crippen LogP contribution in [0.2, 0.25) is 5.02 Å². The van der Waals surface area contributed by atoms with Crippen LogP contribution in [0.25, 0.3) is 10.9 Å². The van der Waals surface area contributed by atoms with Crippen molar-refractivity contribution >= 4 is 22.5 Å². The molecule has 0 radical (unpaired) electrons. The topological polar surface area (TPSA) is 104 Å². The van der Waals surface area contributed by atoms with Crippen LogP contribution in [0.1, 0.15) is 22.9 Å². The highest BCUT2D eigenvalue weighted by atomic mass is 35.5. The highest BCUT2D eigenvalue weighted by molar-refractivity contribution is 6.35. The maximum Gasteiger partial charge on any atom is 0.163 e. The van der Waals surface area contributed by atoms with Gasteiger partial charge in [-0.15, -0.1) is 0 Å². The van der Waals surface area contributed by atoms with Crippen LogP contribution in [0.5, 0.6) is 5.75 Å². The standard InChI is InChI=1S/C23H26ClNO6/c1-12-3-8-16(24)18-14(9-13-4-6-15(30-2)7-5-13)10-25(19(12)18)23-22(29)21(28)20(27)17(11-26)31-23/h3-8,10,17,20-23,26-29H,9,11H2,1-2H3/t17-,20-,21+,22-,23-/m1/s1. The van der Waals surface area contributed by atoms with E-state index in [4.69, 9.17) is 21.1 Å². The molecule has 1 aliphatic rings. The normalized spacial score (nSPS) is 26.4. The Morgan fingerprint density at radius 2 is 1.74 bits per heavy atom. The summed E-state index contributed by atoms with van der Waals surface area (Å²) < 4.78 is 12.8. The molecule has 0 spiro atoms. The molecule has 31 heavy (non-hydrogen) atoms. The molecular weight excluding hydrogens is 422 g/mol. The summed E-state index contributed by atoms with van der Waals surface area (Å²) in [6, 6.07) is 11.4. The third-order valence-electron chi connectivity index (χ3n) is 5.90. The van der Waals surface area contributed by atoms with E-state index in [1.165, 1.54) is 0 Å². The zero-order valence-electron chi connectivity index (χ0n) is 17.3. The predicted octanol–water partition coefficient (Wildman–Crippen LogP) is 2.17. The van der Waals surface area contributed by atoms with E-state index in [9.17, 15) is 20.4 Å². The molecule has 5 atom stereocenters. The summed E-state index contributed by atoms with van der Waals surface area (Å²) in [7, 11) is 1.62. The van der Waals surface area contributed by atoms with E-state index < -0.39 is 37.3 Å². The van der Waals surface area contributed by atoms with E-state index >= 15 is 0 Å². The Morgan fingerprint density at radius 1 is 1.03 bits per heavy atom. The van der Waals surface area contributed by atoms with Crippen molar-refractivity contribution in [3.8, 4) is 5.75 Å². The van der Waals surface area contributed by atoms with E-state index in [1.807, 2.05) is 49.5 Å². The molecule has 4 rings (SSSR count). The van der Waals surface area contributed by atoms with Gasteiger partial charge in [0.15, 0.2) is 6.23 Å². The number of hydrogen-bond acceptors (Lipinski definition) is 6. The molecule has 2 aromatic carbocycles. The molecule has 0 saturated carbocycles. The fourth-order valence-electron chi connectivity index (χ4n) is 4.22. The van der Waals surface area contributed by atoms with Gasteiger partial charge in [-0.05, 0) is 48.2 Å². The van der Waals surface area contributed by atoms with Crippen LogP contribution >= 0.6 is 11.6 Å². The summed E-state index contributed by atoms with van der Waals surface area (Å²) in [5.74, 6) is 0.765. The molecule has 1 aromatic heterocycles. The van der Waals surface area contributed by atoms with Crippen LogP contribution in [0, 0.1) is 6.92 Å². The first-order valence-corrected chi connectivity index (χ1v) is 10.5. The second kappa shape index (κ2) is 8.78. The van der Waals surface area contributed by atoms with Crippen molar-refractivity contribution in [2.45, 2.75) is 44.0 Å². The largest absolute Gasteiger partial charge is 0.497 e. The monoisotopic (exact) mass is 447 g/mol. The molecule has 1 fully saturated rings. The molecule has 1 aliphatic heterocycles. The van der Waals surface area contributed by atoms with Gasteiger partial charge in [-0.1, -0.05) is 29.8 Å². The Bertz CT molecular complexity index is 1060. The number of aryl methyl sites for hydroxylation is 1. The summed E-state index contributed by atoms with van der Waals surface area (Å²) in [6.45, 7) is 1.44. The molecule has 7 nitrogen and oxygen atoms in total. The maximum absolute atomic E-state index is 10.7. The SMILES string of the molecule is COc1ccc(Cc2cn([C@@H]3O[C@H](CO)[C@@H](O)[C@H](O)[C@H]3O)c3c(C)ccc(Cl)c23)cc1. The van der Waals surface area contributed by atoms with Crippen molar-refractivity contribution in [3.63, 3.8) is 0 Å².